The van der Waals surface area contributed by atoms with E-state index >= 15 is 0 Å². The van der Waals surface area contributed by atoms with Gasteiger partial charge in [0.2, 0.25) is 11.8 Å². The number of aryl methyl sites for hydroxylation is 1. The van der Waals surface area contributed by atoms with Crippen LogP contribution in [0, 0.1) is 6.92 Å². The smallest absolute Gasteiger partial charge is 0.246 e. The minimum atomic E-state index is -0.376. The van der Waals surface area contributed by atoms with Crippen LogP contribution in [0.4, 0.5) is 0 Å². The van der Waals surface area contributed by atoms with Crippen LogP contribution >= 0.6 is 11.3 Å². The Labute approximate surface area is 97.5 Å². The standard InChI is InChI=1S/C10H13N3O2S/c1-6-8(16-5-12-6)4-11-7-3-9(14)13(2)10(7)15/h5,7,11H,3-4H2,1-2H3. The van der Waals surface area contributed by atoms with Crippen molar-refractivity contribution in [1.82, 2.24) is 15.2 Å². The zero-order chi connectivity index (χ0) is 11.7. The van der Waals surface area contributed by atoms with Crippen LogP contribution in [0.15, 0.2) is 5.51 Å². The van der Waals surface area contributed by atoms with Crippen molar-refractivity contribution < 1.29 is 9.59 Å². The van der Waals surface area contributed by atoms with Crippen LogP contribution in [-0.4, -0.2) is 34.8 Å². The molecule has 1 N–H and O–H groups in total. The minimum Gasteiger partial charge on any atom is -0.300 e. The molecular formula is C10H13N3O2S. The number of hydrogen-bond acceptors (Lipinski definition) is 5. The molecule has 0 aliphatic carbocycles. The van der Waals surface area contributed by atoms with E-state index in [9.17, 15) is 9.59 Å². The summed E-state index contributed by atoms with van der Waals surface area (Å²) in [5, 5.41) is 3.09. The van der Waals surface area contributed by atoms with Crippen molar-refractivity contribution in [3.05, 3.63) is 16.1 Å². The van der Waals surface area contributed by atoms with Crippen molar-refractivity contribution in [2.24, 2.45) is 0 Å². The molecule has 16 heavy (non-hydrogen) atoms. The van der Waals surface area contributed by atoms with Gasteiger partial charge >= 0.3 is 0 Å². The Morgan fingerprint density at radius 3 is 2.88 bits per heavy atom. The maximum Gasteiger partial charge on any atom is 0.246 e. The fourth-order valence-corrected chi connectivity index (χ4v) is 2.35. The van der Waals surface area contributed by atoms with Crippen molar-refractivity contribution in [1.29, 1.82) is 0 Å². The first-order chi connectivity index (χ1) is 7.59. The van der Waals surface area contributed by atoms with E-state index < -0.39 is 0 Å². The molecule has 1 aliphatic heterocycles. The van der Waals surface area contributed by atoms with Crippen LogP contribution in [0.3, 0.4) is 0 Å². The summed E-state index contributed by atoms with van der Waals surface area (Å²) in [5.41, 5.74) is 2.75. The van der Waals surface area contributed by atoms with Crippen LogP contribution in [0.25, 0.3) is 0 Å². The molecule has 0 aromatic carbocycles. The highest BCUT2D eigenvalue weighted by atomic mass is 32.1. The second-order valence-electron chi connectivity index (χ2n) is 3.79. The molecule has 2 rings (SSSR count). The van der Waals surface area contributed by atoms with Gasteiger partial charge in [0, 0.05) is 18.5 Å². The fourth-order valence-electron chi connectivity index (χ4n) is 1.63. The number of imide groups is 1. The predicted octanol–water partition coefficient (Wildman–Crippen LogP) is 0.298. The third kappa shape index (κ3) is 1.98. The lowest BCUT2D eigenvalue weighted by Gasteiger charge is -2.10. The fraction of sp³-hybridized carbons (Fsp3) is 0.500. The van der Waals surface area contributed by atoms with Crippen LogP contribution < -0.4 is 5.32 Å². The number of hydrogen-bond donors (Lipinski definition) is 1. The van der Waals surface area contributed by atoms with Gasteiger partial charge in [-0.1, -0.05) is 0 Å². The van der Waals surface area contributed by atoms with Gasteiger partial charge in [0.1, 0.15) is 0 Å². The molecule has 1 aromatic heterocycles. The van der Waals surface area contributed by atoms with Crippen molar-refractivity contribution in [3.63, 3.8) is 0 Å². The Morgan fingerprint density at radius 1 is 1.62 bits per heavy atom. The summed E-state index contributed by atoms with van der Waals surface area (Å²) in [5.74, 6) is -0.268. The molecule has 1 saturated heterocycles. The molecule has 0 bridgehead atoms. The predicted molar refractivity (Wildman–Crippen MR) is 59.9 cm³/mol. The Hall–Kier alpha value is -1.27. The van der Waals surface area contributed by atoms with E-state index in [0.717, 1.165) is 10.6 Å². The molecule has 1 unspecified atom stereocenters. The number of likely N-dealkylation sites (N-methyl/N-ethyl adjacent to an activating group) is 1. The summed E-state index contributed by atoms with van der Waals surface area (Å²) in [6.07, 6.45) is 0.257. The van der Waals surface area contributed by atoms with Crippen LogP contribution in [0.1, 0.15) is 17.0 Å². The third-order valence-corrected chi connectivity index (χ3v) is 3.67. The number of nitrogens with one attached hydrogen (secondary N) is 1. The van der Waals surface area contributed by atoms with Crippen LogP contribution in [-0.2, 0) is 16.1 Å². The average molecular weight is 239 g/mol. The number of amides is 2. The largest absolute Gasteiger partial charge is 0.300 e. The minimum absolute atomic E-state index is 0.122. The lowest BCUT2D eigenvalue weighted by Crippen LogP contribution is -2.36. The number of nitrogens with zero attached hydrogens (tertiary/aromatic N) is 2. The SMILES string of the molecule is Cc1ncsc1CNC1CC(=O)N(C)C1=O. The summed E-state index contributed by atoms with van der Waals surface area (Å²) in [7, 11) is 1.52. The van der Waals surface area contributed by atoms with E-state index in [1.54, 1.807) is 16.8 Å². The van der Waals surface area contributed by atoms with Crippen molar-refractivity contribution >= 4 is 23.2 Å². The first-order valence-electron chi connectivity index (χ1n) is 5.02. The molecule has 1 fully saturated rings. The monoisotopic (exact) mass is 239 g/mol. The summed E-state index contributed by atoms with van der Waals surface area (Å²) in [6.45, 7) is 2.52. The Kier molecular flexibility index (Phi) is 3.02. The zero-order valence-corrected chi connectivity index (χ0v) is 10.0. The topological polar surface area (TPSA) is 62.3 Å². The Morgan fingerprint density at radius 2 is 2.38 bits per heavy atom. The van der Waals surface area contributed by atoms with E-state index in [-0.39, 0.29) is 24.3 Å². The molecular weight excluding hydrogens is 226 g/mol. The summed E-state index contributed by atoms with van der Waals surface area (Å²) in [6, 6.07) is -0.376. The normalized spacial score (nSPS) is 20.9. The number of thiazole rings is 1. The van der Waals surface area contributed by atoms with E-state index in [4.69, 9.17) is 0 Å². The molecule has 1 aromatic rings. The van der Waals surface area contributed by atoms with E-state index in [1.807, 2.05) is 6.92 Å². The molecule has 2 amide bonds. The van der Waals surface area contributed by atoms with Crippen LogP contribution in [0.2, 0.25) is 0 Å². The number of likely N-dealkylation sites (tertiary alicyclic amines) is 1. The zero-order valence-electron chi connectivity index (χ0n) is 9.19. The Bertz CT molecular complexity index is 429. The van der Waals surface area contributed by atoms with E-state index in [1.165, 1.54) is 11.9 Å². The number of aromatic nitrogens is 1. The maximum atomic E-state index is 11.6. The molecule has 0 spiro atoms. The van der Waals surface area contributed by atoms with Gasteiger partial charge in [-0.05, 0) is 6.92 Å². The van der Waals surface area contributed by atoms with Crippen LogP contribution in [0.5, 0.6) is 0 Å². The highest BCUT2D eigenvalue weighted by molar-refractivity contribution is 7.09. The van der Waals surface area contributed by atoms with Gasteiger partial charge < -0.3 is 5.32 Å². The van der Waals surface area contributed by atoms with E-state index in [0.29, 0.717) is 6.54 Å². The molecule has 1 aliphatic rings. The lowest BCUT2D eigenvalue weighted by atomic mass is 10.2. The van der Waals surface area contributed by atoms with Gasteiger partial charge in [-0.3, -0.25) is 14.5 Å². The van der Waals surface area contributed by atoms with Crippen molar-refractivity contribution in [2.45, 2.75) is 25.9 Å². The summed E-state index contributed by atoms with van der Waals surface area (Å²) >= 11 is 1.55. The second-order valence-corrected chi connectivity index (χ2v) is 4.73. The first kappa shape index (κ1) is 11.2. The highest BCUT2D eigenvalue weighted by Gasteiger charge is 2.35. The second kappa shape index (κ2) is 4.31. The number of carbonyl (C=O) groups is 2. The molecule has 6 heteroatoms. The summed E-state index contributed by atoms with van der Waals surface area (Å²) in [4.78, 5) is 29.3. The van der Waals surface area contributed by atoms with Gasteiger partial charge in [-0.25, -0.2) is 4.98 Å². The van der Waals surface area contributed by atoms with Gasteiger partial charge in [0.25, 0.3) is 0 Å². The molecule has 1 atom stereocenters. The lowest BCUT2D eigenvalue weighted by molar-refractivity contribution is -0.137. The van der Waals surface area contributed by atoms with Crippen molar-refractivity contribution in [3.8, 4) is 0 Å². The summed E-state index contributed by atoms with van der Waals surface area (Å²) < 4.78 is 0. The first-order valence-corrected chi connectivity index (χ1v) is 5.90. The number of rotatable bonds is 3. The molecule has 5 nitrogen and oxygen atoms in total. The quantitative estimate of drug-likeness (QED) is 0.771. The Balaban J connectivity index is 1.95. The van der Waals surface area contributed by atoms with Gasteiger partial charge in [-0.2, -0.15) is 0 Å². The number of carbonyl (C=O) groups excluding carboxylic acids is 2. The molecule has 86 valence electrons. The van der Waals surface area contributed by atoms with Gasteiger partial charge in [-0.15, -0.1) is 11.3 Å². The molecule has 0 saturated carbocycles. The molecule has 2 heterocycles. The highest BCUT2D eigenvalue weighted by Crippen LogP contribution is 2.15. The maximum absolute atomic E-state index is 11.6. The average Bonchev–Trinajstić information content (AvgIpc) is 2.76. The third-order valence-electron chi connectivity index (χ3n) is 2.74. The van der Waals surface area contributed by atoms with E-state index in [2.05, 4.69) is 10.3 Å². The molecule has 0 radical (unpaired) electrons. The van der Waals surface area contributed by atoms with Crippen molar-refractivity contribution in [2.75, 3.05) is 7.05 Å². The van der Waals surface area contributed by atoms with Gasteiger partial charge in [0.05, 0.1) is 23.7 Å². The van der Waals surface area contributed by atoms with Gasteiger partial charge in [0.15, 0.2) is 0 Å².